The highest BCUT2D eigenvalue weighted by Crippen LogP contribution is 2.25. The first kappa shape index (κ1) is 16.9. The molecular formula is C16H21BrN2O3. The van der Waals surface area contributed by atoms with Gasteiger partial charge < -0.3 is 9.64 Å². The zero-order valence-electron chi connectivity index (χ0n) is 12.8. The molecule has 0 radical (unpaired) electrons. The molecule has 0 spiro atoms. The largest absolute Gasteiger partial charge is 0.466 e. The number of nitrogens with zero attached hydrogens (tertiary/aromatic N) is 2. The van der Waals surface area contributed by atoms with E-state index in [4.69, 9.17) is 4.74 Å². The second-order valence-corrected chi connectivity index (χ2v) is 6.30. The summed E-state index contributed by atoms with van der Waals surface area (Å²) in [6, 6.07) is 1.97. The first-order chi connectivity index (χ1) is 10.6. The van der Waals surface area contributed by atoms with Gasteiger partial charge >= 0.3 is 5.97 Å². The lowest BCUT2D eigenvalue weighted by Crippen LogP contribution is -2.40. The second-order valence-electron chi connectivity index (χ2n) is 5.38. The summed E-state index contributed by atoms with van der Waals surface area (Å²) in [5, 5.41) is 0. The Morgan fingerprint density at radius 2 is 2.09 bits per heavy atom. The Balaban J connectivity index is 2.09. The molecule has 22 heavy (non-hydrogen) atoms. The van der Waals surface area contributed by atoms with Gasteiger partial charge in [-0.1, -0.05) is 12.8 Å². The van der Waals surface area contributed by atoms with Gasteiger partial charge in [-0.2, -0.15) is 0 Å². The average Bonchev–Trinajstić information content (AvgIpc) is 3.01. The molecular weight excluding hydrogens is 348 g/mol. The summed E-state index contributed by atoms with van der Waals surface area (Å²) in [5.41, 5.74) is 0.546. The predicted molar refractivity (Wildman–Crippen MR) is 86.5 cm³/mol. The SMILES string of the molecule is CCOC(=O)CCN(C(=O)c1cncc(Br)c1)C1CCCC1. The molecule has 0 N–H and O–H groups in total. The predicted octanol–water partition coefficient (Wildman–Crippen LogP) is 3.18. The van der Waals surface area contributed by atoms with Gasteiger partial charge in [0, 0.05) is 29.5 Å². The Bertz CT molecular complexity index is 530. The molecule has 1 aromatic heterocycles. The maximum Gasteiger partial charge on any atom is 0.307 e. The highest BCUT2D eigenvalue weighted by molar-refractivity contribution is 9.10. The summed E-state index contributed by atoms with van der Waals surface area (Å²) < 4.78 is 5.74. The van der Waals surface area contributed by atoms with Crippen LogP contribution in [0.1, 0.15) is 49.4 Å². The lowest BCUT2D eigenvalue weighted by molar-refractivity contribution is -0.143. The van der Waals surface area contributed by atoms with Gasteiger partial charge in [0.2, 0.25) is 0 Å². The smallest absolute Gasteiger partial charge is 0.307 e. The van der Waals surface area contributed by atoms with Crippen molar-refractivity contribution < 1.29 is 14.3 Å². The number of hydrogen-bond donors (Lipinski definition) is 0. The Hall–Kier alpha value is -1.43. The molecule has 0 saturated heterocycles. The van der Waals surface area contributed by atoms with Crippen molar-refractivity contribution in [3.8, 4) is 0 Å². The lowest BCUT2D eigenvalue weighted by atomic mass is 10.1. The zero-order valence-corrected chi connectivity index (χ0v) is 14.3. The molecule has 0 bridgehead atoms. The molecule has 1 aliphatic carbocycles. The maximum absolute atomic E-state index is 12.8. The van der Waals surface area contributed by atoms with E-state index in [2.05, 4.69) is 20.9 Å². The Morgan fingerprint density at radius 3 is 2.73 bits per heavy atom. The van der Waals surface area contributed by atoms with Crippen LogP contribution in [0.15, 0.2) is 22.9 Å². The summed E-state index contributed by atoms with van der Waals surface area (Å²) >= 11 is 3.34. The van der Waals surface area contributed by atoms with Crippen LogP contribution in [0.25, 0.3) is 0 Å². The molecule has 2 rings (SSSR count). The number of hydrogen-bond acceptors (Lipinski definition) is 4. The van der Waals surface area contributed by atoms with E-state index in [-0.39, 0.29) is 24.3 Å². The number of aromatic nitrogens is 1. The van der Waals surface area contributed by atoms with Crippen LogP contribution in [0.3, 0.4) is 0 Å². The molecule has 1 heterocycles. The van der Waals surface area contributed by atoms with E-state index >= 15 is 0 Å². The highest BCUT2D eigenvalue weighted by atomic mass is 79.9. The van der Waals surface area contributed by atoms with E-state index in [1.807, 2.05) is 4.90 Å². The molecule has 0 aromatic carbocycles. The van der Waals surface area contributed by atoms with Crippen molar-refractivity contribution in [2.24, 2.45) is 0 Å². The van der Waals surface area contributed by atoms with E-state index in [9.17, 15) is 9.59 Å². The Kier molecular flexibility index (Phi) is 6.36. The van der Waals surface area contributed by atoms with Crippen LogP contribution in [0, 0.1) is 0 Å². The Labute approximate surface area is 139 Å². The third-order valence-electron chi connectivity index (χ3n) is 3.84. The summed E-state index contributed by atoms with van der Waals surface area (Å²) in [5.74, 6) is -0.323. The Morgan fingerprint density at radius 1 is 1.36 bits per heavy atom. The number of rotatable bonds is 6. The van der Waals surface area contributed by atoms with Gasteiger partial charge in [-0.15, -0.1) is 0 Å². The lowest BCUT2D eigenvalue weighted by Gasteiger charge is -2.28. The molecule has 1 aliphatic rings. The van der Waals surface area contributed by atoms with E-state index in [0.29, 0.717) is 18.7 Å². The normalized spacial score (nSPS) is 14.8. The number of pyridine rings is 1. The summed E-state index contributed by atoms with van der Waals surface area (Å²) in [6.07, 6.45) is 7.70. The van der Waals surface area contributed by atoms with Crippen molar-refractivity contribution in [3.05, 3.63) is 28.5 Å². The first-order valence-electron chi connectivity index (χ1n) is 7.69. The molecule has 5 nitrogen and oxygen atoms in total. The highest BCUT2D eigenvalue weighted by Gasteiger charge is 2.28. The third kappa shape index (κ3) is 4.53. The molecule has 1 fully saturated rings. The van der Waals surface area contributed by atoms with Crippen LogP contribution in [0.4, 0.5) is 0 Å². The number of amides is 1. The van der Waals surface area contributed by atoms with E-state index < -0.39 is 0 Å². The first-order valence-corrected chi connectivity index (χ1v) is 8.48. The molecule has 1 aromatic rings. The van der Waals surface area contributed by atoms with Crippen molar-refractivity contribution >= 4 is 27.8 Å². The number of halogens is 1. The van der Waals surface area contributed by atoms with Gasteiger partial charge in [-0.3, -0.25) is 14.6 Å². The second kappa shape index (κ2) is 8.27. The number of ether oxygens (including phenoxy) is 1. The minimum Gasteiger partial charge on any atom is -0.466 e. The van der Waals surface area contributed by atoms with Crippen molar-refractivity contribution in [1.82, 2.24) is 9.88 Å². The molecule has 1 amide bonds. The fourth-order valence-corrected chi connectivity index (χ4v) is 3.17. The number of carbonyl (C=O) groups excluding carboxylic acids is 2. The molecule has 1 saturated carbocycles. The van der Waals surface area contributed by atoms with Gasteiger partial charge in [0.05, 0.1) is 18.6 Å². The van der Waals surface area contributed by atoms with Gasteiger partial charge in [-0.25, -0.2) is 0 Å². The summed E-state index contributed by atoms with van der Waals surface area (Å²) in [7, 11) is 0. The van der Waals surface area contributed by atoms with Crippen LogP contribution in [0.5, 0.6) is 0 Å². The van der Waals surface area contributed by atoms with Crippen LogP contribution in [-0.4, -0.2) is 41.0 Å². The quantitative estimate of drug-likeness (QED) is 0.723. The van der Waals surface area contributed by atoms with Gasteiger partial charge in [-0.05, 0) is 41.8 Å². The van der Waals surface area contributed by atoms with Crippen molar-refractivity contribution in [1.29, 1.82) is 0 Å². The van der Waals surface area contributed by atoms with Crippen LogP contribution in [-0.2, 0) is 9.53 Å². The fraction of sp³-hybridized carbons (Fsp3) is 0.562. The summed E-state index contributed by atoms with van der Waals surface area (Å²) in [4.78, 5) is 30.2. The topological polar surface area (TPSA) is 59.5 Å². The molecule has 0 atom stereocenters. The number of carbonyl (C=O) groups is 2. The monoisotopic (exact) mass is 368 g/mol. The molecule has 120 valence electrons. The van der Waals surface area contributed by atoms with Crippen LogP contribution in [0.2, 0.25) is 0 Å². The van der Waals surface area contributed by atoms with Crippen molar-refractivity contribution in [2.75, 3.05) is 13.2 Å². The van der Waals surface area contributed by atoms with E-state index in [1.165, 1.54) is 0 Å². The third-order valence-corrected chi connectivity index (χ3v) is 4.27. The number of esters is 1. The standard InChI is InChI=1S/C16H21BrN2O3/c1-2-22-15(20)7-8-19(14-5-3-4-6-14)16(21)12-9-13(17)11-18-10-12/h9-11,14H,2-8H2,1H3. The summed E-state index contributed by atoms with van der Waals surface area (Å²) in [6.45, 7) is 2.55. The van der Waals surface area contributed by atoms with E-state index in [1.54, 1.807) is 25.4 Å². The van der Waals surface area contributed by atoms with Crippen molar-refractivity contribution in [3.63, 3.8) is 0 Å². The van der Waals surface area contributed by atoms with Gasteiger partial charge in [0.15, 0.2) is 0 Å². The average molecular weight is 369 g/mol. The van der Waals surface area contributed by atoms with Gasteiger partial charge in [0.1, 0.15) is 0 Å². The zero-order chi connectivity index (χ0) is 15.9. The van der Waals surface area contributed by atoms with Gasteiger partial charge in [0.25, 0.3) is 5.91 Å². The minimum absolute atomic E-state index is 0.0648. The van der Waals surface area contributed by atoms with Crippen LogP contribution < -0.4 is 0 Å². The minimum atomic E-state index is -0.259. The maximum atomic E-state index is 12.8. The van der Waals surface area contributed by atoms with Crippen LogP contribution >= 0.6 is 15.9 Å². The molecule has 0 aliphatic heterocycles. The van der Waals surface area contributed by atoms with E-state index in [0.717, 1.165) is 30.2 Å². The van der Waals surface area contributed by atoms with Crippen molar-refractivity contribution in [2.45, 2.75) is 45.1 Å². The molecule has 6 heteroatoms. The fourth-order valence-electron chi connectivity index (χ4n) is 2.81. The molecule has 0 unspecified atom stereocenters.